The Morgan fingerprint density at radius 2 is 1.25 bits per heavy atom. The fraction of sp³-hybridized carbons (Fsp3) is 0. The van der Waals surface area contributed by atoms with Gasteiger partial charge in [-0.25, -0.2) is 0 Å². The van der Waals surface area contributed by atoms with Crippen molar-refractivity contribution in [3.8, 4) is 0 Å². The molecule has 0 spiro atoms. The summed E-state index contributed by atoms with van der Waals surface area (Å²) in [5.74, 6) is 0. The van der Waals surface area contributed by atoms with Crippen LogP contribution in [0.1, 0.15) is 0 Å². The van der Waals surface area contributed by atoms with Crippen LogP contribution in [0.15, 0.2) is 0 Å². The van der Waals surface area contributed by atoms with Crippen LogP contribution >= 0.6 is 0 Å². The summed E-state index contributed by atoms with van der Waals surface area (Å²) in [6.07, 6.45) is 0. The van der Waals surface area contributed by atoms with Gasteiger partial charge in [-0.05, 0) is 0 Å². The minimum atomic E-state index is 0. The molecule has 0 unspecified atom stereocenters. The molecule has 0 saturated carbocycles. The van der Waals surface area contributed by atoms with E-state index in [9.17, 15) is 0 Å². The van der Waals surface area contributed by atoms with Gasteiger partial charge in [0.25, 0.3) is 0 Å². The van der Waals surface area contributed by atoms with Crippen LogP contribution in [0.5, 0.6) is 0 Å². The molecular formula is NiOPrSm. The molecule has 0 aliphatic heterocycles. The molecule has 0 fully saturated rings. The summed E-state index contributed by atoms with van der Waals surface area (Å²) in [5.41, 5.74) is 0. The zero-order valence-corrected chi connectivity index (χ0v) is 9.02. The molecule has 0 N–H and O–H groups in total. The van der Waals surface area contributed by atoms with Gasteiger partial charge in [-0.1, -0.05) is 0 Å². The third-order valence-electron chi connectivity index (χ3n) is 0. The van der Waals surface area contributed by atoms with Crippen molar-refractivity contribution in [3.63, 3.8) is 0 Å². The molecule has 0 aliphatic carbocycles. The van der Waals surface area contributed by atoms with Crippen molar-refractivity contribution in [2.75, 3.05) is 0 Å². The van der Waals surface area contributed by atoms with E-state index in [-0.39, 0.29) is 81.7 Å². The van der Waals surface area contributed by atoms with Crippen LogP contribution in [-0.4, -0.2) is 0 Å². The smallest absolute Gasteiger partial charge is 0 e. The first kappa shape index (κ1) is 15.8. The maximum atomic E-state index is 7.88. The molecule has 25 valence electrons. The molecule has 0 bridgehead atoms. The molecule has 0 heterocycles. The van der Waals surface area contributed by atoms with Gasteiger partial charge in [0.15, 0.2) is 0 Å². The first-order chi connectivity index (χ1) is 1.00. The predicted molar refractivity (Wildman–Crippen MR) is 0.686 cm³/mol. The molecular weight excluding hydrogens is 366 g/mol. The Balaban J connectivity index is -0.00000000500. The van der Waals surface area contributed by atoms with Crippen molar-refractivity contribution in [1.29, 1.82) is 0 Å². The Morgan fingerprint density at radius 3 is 1.25 bits per heavy atom. The second kappa shape index (κ2) is 16.7. The molecule has 0 aromatic heterocycles. The molecule has 4 heteroatoms. The topological polar surface area (TPSA) is 17.1 Å². The van der Waals surface area contributed by atoms with Crippen LogP contribution in [-0.2, 0) is 19.3 Å². The van der Waals surface area contributed by atoms with E-state index in [1.165, 1.54) is 0 Å². The monoisotopic (exact) mass is 367 g/mol. The van der Waals surface area contributed by atoms with E-state index >= 15 is 0 Å². The second-order valence-electron chi connectivity index (χ2n) is 0. The molecule has 1 radical (unpaired) electrons. The van der Waals surface area contributed by atoms with E-state index < -0.39 is 0 Å². The van der Waals surface area contributed by atoms with E-state index in [4.69, 9.17) is 3.90 Å². The van der Waals surface area contributed by atoms with Gasteiger partial charge in [-0.15, -0.1) is 0 Å². The van der Waals surface area contributed by atoms with Crippen molar-refractivity contribution < 1.29 is 101 Å². The van der Waals surface area contributed by atoms with Gasteiger partial charge in [0.1, 0.15) is 0 Å². The average Bonchev–Trinajstić information content (AvgIpc) is 1.00. The van der Waals surface area contributed by atoms with Crippen molar-refractivity contribution in [2.45, 2.75) is 0 Å². The van der Waals surface area contributed by atoms with E-state index in [1.807, 2.05) is 0 Å². The third-order valence-corrected chi connectivity index (χ3v) is 0. The van der Waals surface area contributed by atoms with Crippen LogP contribution in [0.2, 0.25) is 0 Å². The first-order valence-corrected chi connectivity index (χ1v) is 0.532. The second-order valence-corrected chi connectivity index (χ2v) is 0. The number of hydrogen-bond acceptors (Lipinski definition) is 1. The zero-order valence-electron chi connectivity index (χ0n) is 1.71. The molecule has 0 saturated heterocycles. The summed E-state index contributed by atoms with van der Waals surface area (Å²) in [6.45, 7) is 0. The van der Waals surface area contributed by atoms with Gasteiger partial charge in [0, 0.05) is 81.7 Å². The van der Waals surface area contributed by atoms with Crippen molar-refractivity contribution in [3.05, 3.63) is 0 Å². The summed E-state index contributed by atoms with van der Waals surface area (Å²) in [7, 11) is 0. The Kier molecular flexibility index (Phi) is 65.7. The Morgan fingerprint density at radius 1 is 1.25 bits per heavy atom. The Bertz CT molecular complexity index is 8.00. The van der Waals surface area contributed by atoms with E-state index in [2.05, 4.69) is 15.4 Å². The van der Waals surface area contributed by atoms with Crippen molar-refractivity contribution in [1.82, 2.24) is 0 Å². The fourth-order valence-electron chi connectivity index (χ4n) is 0. The van der Waals surface area contributed by atoms with E-state index in [1.54, 1.807) is 0 Å². The minimum absolute atomic E-state index is 0. The summed E-state index contributed by atoms with van der Waals surface area (Å²) in [6, 6.07) is 0. The SMILES string of the molecule is [O]=[Ni].[Pr].[Sm]. The maximum Gasteiger partial charge on any atom is 0 e. The normalized spacial score (nSPS) is 1.50. The summed E-state index contributed by atoms with van der Waals surface area (Å²) < 4.78 is 7.88. The molecule has 0 atom stereocenters. The first-order valence-electron chi connectivity index (χ1n) is 0.129. The Hall–Kier alpha value is 2.99. The minimum Gasteiger partial charge on any atom is 0 e. The third kappa shape index (κ3) is 8.89. The standard InChI is InChI=1S/Ni.O.Pr.Sm. The van der Waals surface area contributed by atoms with Crippen LogP contribution in [0, 0.1) is 81.7 Å². The average molecular weight is 366 g/mol. The molecule has 4 heavy (non-hydrogen) atoms. The van der Waals surface area contributed by atoms with Gasteiger partial charge in [0.2, 0.25) is 0 Å². The predicted octanol–water partition coefficient (Wildman–Crippen LogP) is -0.121. The van der Waals surface area contributed by atoms with Gasteiger partial charge in [-0.3, -0.25) is 0 Å². The molecule has 0 aromatic rings. The van der Waals surface area contributed by atoms with Crippen LogP contribution in [0.4, 0.5) is 0 Å². The molecule has 0 amide bonds. The number of rotatable bonds is 0. The van der Waals surface area contributed by atoms with E-state index in [0.29, 0.717) is 0 Å². The van der Waals surface area contributed by atoms with Crippen molar-refractivity contribution in [2.24, 2.45) is 0 Å². The Labute approximate surface area is 98.3 Å². The quantitative estimate of drug-likeness (QED) is 0.547. The molecule has 0 rings (SSSR count). The fourth-order valence-corrected chi connectivity index (χ4v) is 0. The summed E-state index contributed by atoms with van der Waals surface area (Å²) in [4.78, 5) is 0. The van der Waals surface area contributed by atoms with Crippen LogP contribution < -0.4 is 0 Å². The van der Waals surface area contributed by atoms with Crippen LogP contribution in [0.3, 0.4) is 0 Å². The molecule has 0 aromatic carbocycles. The maximum absolute atomic E-state index is 7.88. The number of hydrogen-bond donors (Lipinski definition) is 0. The van der Waals surface area contributed by atoms with E-state index in [0.717, 1.165) is 0 Å². The van der Waals surface area contributed by atoms with Crippen LogP contribution in [0.25, 0.3) is 0 Å². The van der Waals surface area contributed by atoms with Gasteiger partial charge < -0.3 is 0 Å². The summed E-state index contributed by atoms with van der Waals surface area (Å²) >= 11 is 2.62. The largest absolute Gasteiger partial charge is 0 e. The molecule has 0 aliphatic rings. The zero-order chi connectivity index (χ0) is 2.00. The van der Waals surface area contributed by atoms with Gasteiger partial charge in [0.05, 0.1) is 0 Å². The summed E-state index contributed by atoms with van der Waals surface area (Å²) in [5, 5.41) is 0. The van der Waals surface area contributed by atoms with Crippen molar-refractivity contribution >= 4 is 0 Å². The van der Waals surface area contributed by atoms with Gasteiger partial charge >= 0.3 is 19.3 Å². The molecule has 1 nitrogen and oxygen atoms in total. The van der Waals surface area contributed by atoms with Gasteiger partial charge in [-0.2, -0.15) is 0 Å².